The first kappa shape index (κ1) is 19.8. The fraction of sp³-hybridized carbons (Fsp3) is 0.500. The summed E-state index contributed by atoms with van der Waals surface area (Å²) < 4.78 is 6.37. The number of anilines is 1. The number of hydrogen-bond acceptors (Lipinski definition) is 6. The molecule has 2 saturated heterocycles. The highest BCUT2D eigenvalue weighted by Crippen LogP contribution is 2.22. The molecule has 2 aromatic heterocycles. The summed E-state index contributed by atoms with van der Waals surface area (Å²) in [6, 6.07) is 9.43. The highest BCUT2D eigenvalue weighted by Gasteiger charge is 2.28. The molecular weight excluding hydrogens is 366 g/mol. The number of nitrogens with two attached hydrogens (primary N) is 1. The fourth-order valence-electron chi connectivity index (χ4n) is 4.17. The van der Waals surface area contributed by atoms with E-state index >= 15 is 0 Å². The van der Waals surface area contributed by atoms with E-state index in [-0.39, 0.29) is 12.0 Å². The summed E-state index contributed by atoms with van der Waals surface area (Å²) in [4.78, 5) is 25.1. The Morgan fingerprint density at radius 1 is 1.00 bits per heavy atom. The quantitative estimate of drug-likeness (QED) is 0.837. The van der Waals surface area contributed by atoms with Crippen LogP contribution in [0.15, 0.2) is 42.7 Å². The Morgan fingerprint density at radius 2 is 1.72 bits per heavy atom. The number of hydrogen-bond donors (Lipinski definition) is 1. The molecular formula is C22H29N5O2. The molecule has 0 saturated carbocycles. The third-order valence-corrected chi connectivity index (χ3v) is 5.78. The summed E-state index contributed by atoms with van der Waals surface area (Å²) in [5.74, 6) is 0.600. The molecule has 4 rings (SSSR count). The maximum absolute atomic E-state index is 12.5. The van der Waals surface area contributed by atoms with Crippen molar-refractivity contribution < 1.29 is 9.53 Å². The smallest absolute Gasteiger partial charge is 0.272 e. The number of aromatic nitrogens is 2. The zero-order chi connectivity index (χ0) is 20.1. The summed E-state index contributed by atoms with van der Waals surface area (Å²) in [6.07, 6.45) is 7.90. The van der Waals surface area contributed by atoms with Gasteiger partial charge in [0.05, 0.1) is 12.2 Å². The lowest BCUT2D eigenvalue weighted by Crippen LogP contribution is -2.43. The second-order valence-corrected chi connectivity index (χ2v) is 7.91. The van der Waals surface area contributed by atoms with E-state index in [0.29, 0.717) is 17.6 Å². The maximum Gasteiger partial charge on any atom is 0.272 e. The highest BCUT2D eigenvalue weighted by molar-refractivity contribution is 5.92. The normalized spacial score (nSPS) is 19.4. The molecule has 7 nitrogen and oxygen atoms in total. The summed E-state index contributed by atoms with van der Waals surface area (Å²) in [6.45, 7) is 4.45. The molecule has 0 aliphatic carbocycles. The summed E-state index contributed by atoms with van der Waals surface area (Å²) in [7, 11) is 0. The van der Waals surface area contributed by atoms with Gasteiger partial charge in [-0.25, -0.2) is 4.98 Å². The highest BCUT2D eigenvalue weighted by atomic mass is 16.5. The molecule has 0 radical (unpaired) electrons. The van der Waals surface area contributed by atoms with Gasteiger partial charge in [0, 0.05) is 45.1 Å². The van der Waals surface area contributed by atoms with Gasteiger partial charge >= 0.3 is 0 Å². The van der Waals surface area contributed by atoms with Crippen LogP contribution in [0.1, 0.15) is 41.7 Å². The van der Waals surface area contributed by atoms with Crippen molar-refractivity contribution >= 4 is 11.7 Å². The first-order valence-corrected chi connectivity index (χ1v) is 10.5. The molecule has 2 aliphatic heterocycles. The molecule has 154 valence electrons. The van der Waals surface area contributed by atoms with Crippen LogP contribution < -0.4 is 5.73 Å². The number of piperidine rings is 2. The average molecular weight is 396 g/mol. The number of carbonyl (C=O) groups excluding carboxylic acids is 1. The van der Waals surface area contributed by atoms with Gasteiger partial charge in [-0.05, 0) is 55.5 Å². The van der Waals surface area contributed by atoms with Crippen LogP contribution in [0, 0.1) is 0 Å². The van der Waals surface area contributed by atoms with Crippen molar-refractivity contribution in [3.05, 3.63) is 54.0 Å². The molecule has 2 aliphatic rings. The van der Waals surface area contributed by atoms with Crippen LogP contribution in [-0.2, 0) is 11.3 Å². The van der Waals surface area contributed by atoms with Crippen molar-refractivity contribution in [1.82, 2.24) is 19.8 Å². The summed E-state index contributed by atoms with van der Waals surface area (Å²) in [5, 5.41) is 0. The summed E-state index contributed by atoms with van der Waals surface area (Å²) >= 11 is 0. The number of rotatable bonds is 5. The van der Waals surface area contributed by atoms with E-state index in [1.165, 1.54) is 5.56 Å². The predicted octanol–water partition coefficient (Wildman–Crippen LogP) is 2.34. The molecule has 29 heavy (non-hydrogen) atoms. The van der Waals surface area contributed by atoms with Gasteiger partial charge < -0.3 is 15.4 Å². The minimum Gasteiger partial charge on any atom is -0.384 e. The molecule has 7 heteroatoms. The molecule has 2 aromatic rings. The van der Waals surface area contributed by atoms with Crippen molar-refractivity contribution in [2.45, 2.75) is 44.4 Å². The van der Waals surface area contributed by atoms with Crippen molar-refractivity contribution in [3.8, 4) is 0 Å². The van der Waals surface area contributed by atoms with E-state index in [0.717, 1.165) is 58.4 Å². The lowest BCUT2D eigenvalue weighted by Gasteiger charge is -2.37. The Labute approximate surface area is 171 Å². The number of pyridine rings is 2. The molecule has 0 spiro atoms. The zero-order valence-corrected chi connectivity index (χ0v) is 16.7. The third kappa shape index (κ3) is 5.31. The summed E-state index contributed by atoms with van der Waals surface area (Å²) in [5.41, 5.74) is 7.51. The largest absolute Gasteiger partial charge is 0.384 e. The first-order valence-electron chi connectivity index (χ1n) is 10.5. The van der Waals surface area contributed by atoms with E-state index in [4.69, 9.17) is 10.5 Å². The number of ether oxygens (including phenoxy) is 1. The van der Waals surface area contributed by atoms with Crippen LogP contribution in [-0.4, -0.2) is 64.1 Å². The van der Waals surface area contributed by atoms with Crippen molar-refractivity contribution in [2.75, 3.05) is 31.9 Å². The van der Waals surface area contributed by atoms with Crippen molar-refractivity contribution in [1.29, 1.82) is 0 Å². The van der Waals surface area contributed by atoms with E-state index in [2.05, 4.69) is 14.9 Å². The lowest BCUT2D eigenvalue weighted by atomic mass is 10.0. The number of nitrogens with zero attached hydrogens (tertiary/aromatic N) is 4. The van der Waals surface area contributed by atoms with E-state index in [1.807, 2.05) is 29.2 Å². The Hall–Kier alpha value is -2.51. The topological polar surface area (TPSA) is 84.6 Å². The zero-order valence-electron chi connectivity index (χ0n) is 16.7. The monoisotopic (exact) mass is 395 g/mol. The molecule has 0 unspecified atom stereocenters. The second-order valence-electron chi connectivity index (χ2n) is 7.91. The maximum atomic E-state index is 12.5. The SMILES string of the molecule is Nc1cc(CN2CCC(OC3CCN(C(=O)c4ccccn4)CC3)CC2)ccn1. The molecule has 2 N–H and O–H groups in total. The standard InChI is InChI=1S/C22H29N5O2/c23-21-15-17(4-10-25-21)16-26-11-5-18(6-12-26)29-19-7-13-27(14-8-19)22(28)20-3-1-2-9-24-20/h1-4,9-10,15,18-19H,5-8,11-14,16H2,(H2,23,25). The van der Waals surface area contributed by atoms with Gasteiger partial charge in [-0.2, -0.15) is 0 Å². The third-order valence-electron chi connectivity index (χ3n) is 5.78. The molecule has 2 fully saturated rings. The Kier molecular flexibility index (Phi) is 6.36. The number of amides is 1. The van der Waals surface area contributed by atoms with Crippen molar-refractivity contribution in [2.24, 2.45) is 0 Å². The average Bonchev–Trinajstić information content (AvgIpc) is 2.76. The minimum atomic E-state index is 0.0223. The number of likely N-dealkylation sites (tertiary alicyclic amines) is 2. The van der Waals surface area contributed by atoms with Gasteiger partial charge in [0.25, 0.3) is 5.91 Å². The van der Waals surface area contributed by atoms with Gasteiger partial charge in [0.1, 0.15) is 11.5 Å². The van der Waals surface area contributed by atoms with E-state index < -0.39 is 0 Å². The number of carbonyl (C=O) groups is 1. The lowest BCUT2D eigenvalue weighted by molar-refractivity contribution is -0.0629. The predicted molar refractivity (Wildman–Crippen MR) is 111 cm³/mol. The molecule has 0 atom stereocenters. The number of nitrogen functional groups attached to an aromatic ring is 1. The fourth-order valence-corrected chi connectivity index (χ4v) is 4.17. The van der Waals surface area contributed by atoms with Crippen LogP contribution in [0.4, 0.5) is 5.82 Å². The van der Waals surface area contributed by atoms with Crippen molar-refractivity contribution in [3.63, 3.8) is 0 Å². The van der Waals surface area contributed by atoms with Gasteiger partial charge in [-0.1, -0.05) is 6.07 Å². The van der Waals surface area contributed by atoms with Gasteiger partial charge in [0.15, 0.2) is 0 Å². The van der Waals surface area contributed by atoms with E-state index in [1.54, 1.807) is 18.5 Å². The molecule has 4 heterocycles. The minimum absolute atomic E-state index is 0.0223. The van der Waals surface area contributed by atoms with Gasteiger partial charge in [-0.15, -0.1) is 0 Å². The van der Waals surface area contributed by atoms with Crippen LogP contribution in [0.3, 0.4) is 0 Å². The molecule has 0 bridgehead atoms. The molecule has 1 amide bonds. The van der Waals surface area contributed by atoms with E-state index in [9.17, 15) is 4.79 Å². The first-order chi connectivity index (χ1) is 14.2. The van der Waals surface area contributed by atoms with Crippen LogP contribution in [0.5, 0.6) is 0 Å². The Morgan fingerprint density at radius 3 is 2.38 bits per heavy atom. The Balaban J connectivity index is 1.18. The van der Waals surface area contributed by atoms with Crippen LogP contribution in [0.25, 0.3) is 0 Å². The van der Waals surface area contributed by atoms with Gasteiger partial charge in [-0.3, -0.25) is 14.7 Å². The second kappa shape index (κ2) is 9.33. The van der Waals surface area contributed by atoms with Crippen LogP contribution >= 0.6 is 0 Å². The Bertz CT molecular complexity index is 800. The van der Waals surface area contributed by atoms with Gasteiger partial charge in [0.2, 0.25) is 0 Å². The van der Waals surface area contributed by atoms with Crippen LogP contribution in [0.2, 0.25) is 0 Å². The molecule has 0 aromatic carbocycles.